The first-order valence-corrected chi connectivity index (χ1v) is 9.45. The molecule has 1 saturated heterocycles. The number of carbonyl (C=O) groups is 2. The molecule has 2 unspecified atom stereocenters. The van der Waals surface area contributed by atoms with Crippen LogP contribution in [0, 0.1) is 18.8 Å². The van der Waals surface area contributed by atoms with Crippen LogP contribution in [0.4, 0.5) is 11.5 Å². The van der Waals surface area contributed by atoms with Crippen molar-refractivity contribution in [3.05, 3.63) is 54.2 Å². The molecule has 1 aromatic heterocycles. The zero-order valence-electron chi connectivity index (χ0n) is 15.5. The molecule has 1 aliphatic heterocycles. The van der Waals surface area contributed by atoms with E-state index in [2.05, 4.69) is 15.2 Å². The summed E-state index contributed by atoms with van der Waals surface area (Å²) < 4.78 is 0. The smallest absolute Gasteiger partial charge is 0.228 e. The van der Waals surface area contributed by atoms with E-state index in [1.807, 2.05) is 54.3 Å². The van der Waals surface area contributed by atoms with Crippen LogP contribution in [-0.2, 0) is 9.59 Å². The van der Waals surface area contributed by atoms with Crippen molar-refractivity contribution < 1.29 is 9.59 Å². The second kappa shape index (κ2) is 7.39. The van der Waals surface area contributed by atoms with Gasteiger partial charge < -0.3 is 15.1 Å². The zero-order chi connectivity index (χ0) is 18.8. The molecule has 1 aromatic carbocycles. The fourth-order valence-corrected chi connectivity index (χ4v) is 3.63. The van der Waals surface area contributed by atoms with E-state index >= 15 is 0 Å². The second-order valence-corrected chi connectivity index (χ2v) is 7.25. The maximum absolute atomic E-state index is 12.7. The number of aromatic nitrogens is 1. The Morgan fingerprint density at radius 3 is 2.44 bits per heavy atom. The average molecular weight is 364 g/mol. The first kappa shape index (κ1) is 17.5. The van der Waals surface area contributed by atoms with E-state index < -0.39 is 0 Å². The van der Waals surface area contributed by atoms with E-state index in [4.69, 9.17) is 0 Å². The van der Waals surface area contributed by atoms with Crippen LogP contribution in [0.2, 0.25) is 0 Å². The van der Waals surface area contributed by atoms with E-state index in [0.717, 1.165) is 30.2 Å². The highest BCUT2D eigenvalue weighted by Gasteiger charge is 2.49. The molecule has 0 spiro atoms. The molecule has 2 amide bonds. The molecular weight excluding hydrogens is 340 g/mol. The average Bonchev–Trinajstić information content (AvgIpc) is 3.51. The summed E-state index contributed by atoms with van der Waals surface area (Å²) in [5, 5.41) is 2.96. The van der Waals surface area contributed by atoms with Crippen molar-refractivity contribution in [2.45, 2.75) is 13.3 Å². The molecule has 1 saturated carbocycles. The Labute approximate surface area is 159 Å². The number of pyridine rings is 1. The maximum Gasteiger partial charge on any atom is 0.228 e. The van der Waals surface area contributed by atoms with Crippen LogP contribution < -0.4 is 10.2 Å². The summed E-state index contributed by atoms with van der Waals surface area (Å²) in [7, 11) is 0. The molecule has 2 heterocycles. The first-order chi connectivity index (χ1) is 13.1. The number of carbonyl (C=O) groups excluding carboxylic acids is 2. The van der Waals surface area contributed by atoms with Crippen molar-refractivity contribution in [3.8, 4) is 0 Å². The standard InChI is InChI=1S/C21H24N4O2/c1-15-6-2-3-7-18(15)23-20(26)16-14-17(16)21(27)25-12-10-24(11-13-25)19-8-4-5-9-22-19/h2-9,16-17H,10-14H2,1H3,(H,23,26). The van der Waals surface area contributed by atoms with Crippen molar-refractivity contribution in [2.24, 2.45) is 11.8 Å². The topological polar surface area (TPSA) is 65.5 Å². The minimum atomic E-state index is -0.203. The van der Waals surface area contributed by atoms with Crippen LogP contribution >= 0.6 is 0 Å². The lowest BCUT2D eigenvalue weighted by Crippen LogP contribution is -2.49. The van der Waals surface area contributed by atoms with E-state index in [0.29, 0.717) is 19.5 Å². The fraction of sp³-hybridized carbons (Fsp3) is 0.381. The summed E-state index contributed by atoms with van der Waals surface area (Å²) in [5.41, 5.74) is 1.85. The molecule has 27 heavy (non-hydrogen) atoms. The number of amides is 2. The Hall–Kier alpha value is -2.89. The Kier molecular flexibility index (Phi) is 4.79. The molecule has 140 valence electrons. The minimum absolute atomic E-state index is 0.0465. The SMILES string of the molecule is Cc1ccccc1NC(=O)C1CC1C(=O)N1CCN(c2ccccn2)CC1. The molecule has 1 aliphatic carbocycles. The summed E-state index contributed by atoms with van der Waals surface area (Å²) in [5.74, 6) is 0.642. The van der Waals surface area contributed by atoms with Gasteiger partial charge in [0.1, 0.15) is 5.82 Å². The van der Waals surface area contributed by atoms with E-state index in [9.17, 15) is 9.59 Å². The van der Waals surface area contributed by atoms with Gasteiger partial charge >= 0.3 is 0 Å². The lowest BCUT2D eigenvalue weighted by molar-refractivity contribution is -0.134. The van der Waals surface area contributed by atoms with Crippen molar-refractivity contribution in [1.29, 1.82) is 0 Å². The van der Waals surface area contributed by atoms with Crippen LogP contribution in [-0.4, -0.2) is 47.9 Å². The maximum atomic E-state index is 12.7. The lowest BCUT2D eigenvalue weighted by atomic mass is 10.2. The molecule has 2 atom stereocenters. The Balaban J connectivity index is 1.29. The largest absolute Gasteiger partial charge is 0.353 e. The summed E-state index contributed by atoms with van der Waals surface area (Å²) in [4.78, 5) is 33.7. The summed E-state index contributed by atoms with van der Waals surface area (Å²) in [6, 6.07) is 13.6. The molecule has 0 radical (unpaired) electrons. The van der Waals surface area contributed by atoms with E-state index in [1.54, 1.807) is 6.20 Å². The number of rotatable bonds is 4. The highest BCUT2D eigenvalue weighted by Crippen LogP contribution is 2.41. The molecule has 4 rings (SSSR count). The first-order valence-electron chi connectivity index (χ1n) is 9.45. The third kappa shape index (κ3) is 3.79. The zero-order valence-corrected chi connectivity index (χ0v) is 15.5. The predicted molar refractivity (Wildman–Crippen MR) is 104 cm³/mol. The van der Waals surface area contributed by atoms with Gasteiger partial charge in [0.15, 0.2) is 0 Å². The number of nitrogens with one attached hydrogen (secondary N) is 1. The van der Waals surface area contributed by atoms with Gasteiger partial charge in [-0.2, -0.15) is 0 Å². The van der Waals surface area contributed by atoms with E-state index in [-0.39, 0.29) is 23.7 Å². The highest BCUT2D eigenvalue weighted by molar-refractivity contribution is 5.99. The molecule has 6 nitrogen and oxygen atoms in total. The number of anilines is 2. The van der Waals surface area contributed by atoms with Crippen molar-refractivity contribution >= 4 is 23.3 Å². The highest BCUT2D eigenvalue weighted by atomic mass is 16.2. The van der Waals surface area contributed by atoms with Gasteiger partial charge in [0.05, 0.1) is 11.8 Å². The fourth-order valence-electron chi connectivity index (χ4n) is 3.63. The second-order valence-electron chi connectivity index (χ2n) is 7.25. The number of para-hydroxylation sites is 1. The van der Waals surface area contributed by atoms with Gasteiger partial charge in [-0.1, -0.05) is 24.3 Å². The molecule has 2 aromatic rings. The number of aryl methyl sites for hydroxylation is 1. The van der Waals surface area contributed by atoms with Gasteiger partial charge in [0.25, 0.3) is 0 Å². The van der Waals surface area contributed by atoms with Crippen LogP contribution in [0.5, 0.6) is 0 Å². The van der Waals surface area contributed by atoms with Crippen LogP contribution in [0.15, 0.2) is 48.7 Å². The quantitative estimate of drug-likeness (QED) is 0.904. The van der Waals surface area contributed by atoms with Crippen LogP contribution in [0.1, 0.15) is 12.0 Å². The summed E-state index contributed by atoms with van der Waals surface area (Å²) in [6.07, 6.45) is 2.44. The molecule has 2 aliphatic rings. The number of hydrogen-bond acceptors (Lipinski definition) is 4. The molecule has 0 bridgehead atoms. The lowest BCUT2D eigenvalue weighted by Gasteiger charge is -2.35. The van der Waals surface area contributed by atoms with Gasteiger partial charge in [0.2, 0.25) is 11.8 Å². The minimum Gasteiger partial charge on any atom is -0.353 e. The Morgan fingerprint density at radius 2 is 1.74 bits per heavy atom. The summed E-state index contributed by atoms with van der Waals surface area (Å²) in [6.45, 7) is 4.87. The number of hydrogen-bond donors (Lipinski definition) is 1. The third-order valence-electron chi connectivity index (χ3n) is 5.41. The van der Waals surface area contributed by atoms with Crippen molar-refractivity contribution in [1.82, 2.24) is 9.88 Å². The van der Waals surface area contributed by atoms with Gasteiger partial charge in [-0.3, -0.25) is 9.59 Å². The molecular formula is C21H24N4O2. The molecule has 6 heteroatoms. The predicted octanol–water partition coefficient (Wildman–Crippen LogP) is 2.31. The number of nitrogens with zero attached hydrogens (tertiary/aromatic N) is 3. The Morgan fingerprint density at radius 1 is 1.00 bits per heavy atom. The van der Waals surface area contributed by atoms with Crippen LogP contribution in [0.3, 0.4) is 0 Å². The number of piperazine rings is 1. The summed E-state index contributed by atoms with van der Waals surface area (Å²) >= 11 is 0. The molecule has 2 fully saturated rings. The van der Waals surface area contributed by atoms with Crippen molar-refractivity contribution in [2.75, 3.05) is 36.4 Å². The molecule has 1 N–H and O–H groups in total. The monoisotopic (exact) mass is 364 g/mol. The van der Waals surface area contributed by atoms with Gasteiger partial charge in [-0.25, -0.2) is 4.98 Å². The number of benzene rings is 1. The third-order valence-corrected chi connectivity index (χ3v) is 5.41. The van der Waals surface area contributed by atoms with Crippen LogP contribution in [0.25, 0.3) is 0 Å². The van der Waals surface area contributed by atoms with Gasteiger partial charge in [0, 0.05) is 38.1 Å². The van der Waals surface area contributed by atoms with Gasteiger partial charge in [-0.05, 0) is 37.1 Å². The van der Waals surface area contributed by atoms with Crippen molar-refractivity contribution in [3.63, 3.8) is 0 Å². The normalized spacial score (nSPS) is 21.7. The van der Waals surface area contributed by atoms with Gasteiger partial charge in [-0.15, -0.1) is 0 Å². The Bertz CT molecular complexity index is 831. The van der Waals surface area contributed by atoms with E-state index in [1.165, 1.54) is 0 Å².